The van der Waals surface area contributed by atoms with Crippen molar-refractivity contribution in [3.8, 4) is 0 Å². The summed E-state index contributed by atoms with van der Waals surface area (Å²) < 4.78 is 0. The smallest absolute Gasteiger partial charge is 0.310 e. The molecule has 1 N–H and O–H groups in total. The Morgan fingerprint density at radius 1 is 1.28 bits per heavy atom. The summed E-state index contributed by atoms with van der Waals surface area (Å²) in [7, 11) is 2.12. The lowest BCUT2D eigenvalue weighted by Crippen LogP contribution is -2.47. The summed E-state index contributed by atoms with van der Waals surface area (Å²) in [4.78, 5) is 14.1. The molecule has 104 valence electrons. The maximum atomic E-state index is 11.7. The van der Waals surface area contributed by atoms with Crippen LogP contribution in [0.2, 0.25) is 0 Å². The number of hydrogen-bond acceptors (Lipinski definition) is 2. The molecular formula is C15H27NO2. The van der Waals surface area contributed by atoms with E-state index in [0.717, 1.165) is 25.8 Å². The number of nitrogens with zero attached hydrogens (tertiary/aromatic N) is 1. The lowest BCUT2D eigenvalue weighted by molar-refractivity contribution is -0.153. The van der Waals surface area contributed by atoms with E-state index in [4.69, 9.17) is 0 Å². The van der Waals surface area contributed by atoms with Crippen LogP contribution in [0.4, 0.5) is 0 Å². The second-order valence-electron chi connectivity index (χ2n) is 6.64. The SMILES string of the molecule is CC1CCCC(CN(C)C2CCCC2)(C(=O)O)C1. The van der Waals surface area contributed by atoms with Crippen molar-refractivity contribution in [2.45, 2.75) is 64.3 Å². The topological polar surface area (TPSA) is 40.5 Å². The molecule has 3 nitrogen and oxygen atoms in total. The number of rotatable bonds is 4. The monoisotopic (exact) mass is 253 g/mol. The van der Waals surface area contributed by atoms with Gasteiger partial charge in [-0.15, -0.1) is 0 Å². The number of hydrogen-bond donors (Lipinski definition) is 1. The fraction of sp³-hybridized carbons (Fsp3) is 0.933. The Morgan fingerprint density at radius 2 is 1.94 bits per heavy atom. The normalized spacial score (nSPS) is 34.1. The van der Waals surface area contributed by atoms with E-state index in [1.807, 2.05) is 0 Å². The Bertz CT molecular complexity index is 299. The summed E-state index contributed by atoms with van der Waals surface area (Å²) in [6.45, 7) is 2.95. The fourth-order valence-electron chi connectivity index (χ4n) is 4.02. The molecule has 3 heteroatoms. The first-order valence-electron chi connectivity index (χ1n) is 7.47. The van der Waals surface area contributed by atoms with Crippen LogP contribution < -0.4 is 0 Å². The molecule has 0 radical (unpaired) electrons. The summed E-state index contributed by atoms with van der Waals surface area (Å²) in [5.74, 6) is -0.00859. The molecule has 0 saturated heterocycles. The quantitative estimate of drug-likeness (QED) is 0.836. The predicted octanol–water partition coefficient (Wildman–Crippen LogP) is 3.14. The fourth-order valence-corrected chi connectivity index (χ4v) is 4.02. The van der Waals surface area contributed by atoms with E-state index in [-0.39, 0.29) is 0 Å². The number of carbonyl (C=O) groups is 1. The molecule has 2 aliphatic rings. The molecule has 0 bridgehead atoms. The van der Waals surface area contributed by atoms with Crippen molar-refractivity contribution in [1.82, 2.24) is 4.90 Å². The van der Waals surface area contributed by atoms with Crippen LogP contribution in [0.5, 0.6) is 0 Å². The number of carboxylic acid groups (broad SMARTS) is 1. The van der Waals surface area contributed by atoms with E-state index in [2.05, 4.69) is 18.9 Å². The highest BCUT2D eigenvalue weighted by molar-refractivity contribution is 5.75. The van der Waals surface area contributed by atoms with Crippen molar-refractivity contribution in [1.29, 1.82) is 0 Å². The van der Waals surface area contributed by atoms with Gasteiger partial charge in [0.2, 0.25) is 0 Å². The van der Waals surface area contributed by atoms with Gasteiger partial charge in [-0.3, -0.25) is 4.79 Å². The lowest BCUT2D eigenvalue weighted by Gasteiger charge is -2.40. The third-order valence-electron chi connectivity index (χ3n) is 5.05. The molecule has 2 atom stereocenters. The molecule has 2 rings (SSSR count). The second-order valence-corrected chi connectivity index (χ2v) is 6.64. The third kappa shape index (κ3) is 2.87. The van der Waals surface area contributed by atoms with Gasteiger partial charge >= 0.3 is 5.97 Å². The first kappa shape index (κ1) is 13.9. The van der Waals surface area contributed by atoms with Gasteiger partial charge in [-0.1, -0.05) is 32.6 Å². The Hall–Kier alpha value is -0.570. The van der Waals surface area contributed by atoms with Gasteiger partial charge in [0.15, 0.2) is 0 Å². The van der Waals surface area contributed by atoms with Crippen molar-refractivity contribution >= 4 is 5.97 Å². The van der Waals surface area contributed by atoms with Gasteiger partial charge in [-0.2, -0.15) is 0 Å². The minimum atomic E-state index is -0.570. The van der Waals surface area contributed by atoms with Crippen LogP contribution >= 0.6 is 0 Å². The summed E-state index contributed by atoms with van der Waals surface area (Å²) in [6, 6.07) is 0.624. The maximum Gasteiger partial charge on any atom is 0.310 e. The highest BCUT2D eigenvalue weighted by Gasteiger charge is 2.43. The average Bonchev–Trinajstić information content (AvgIpc) is 2.82. The van der Waals surface area contributed by atoms with Crippen molar-refractivity contribution in [2.75, 3.05) is 13.6 Å². The average molecular weight is 253 g/mol. The summed E-state index contributed by atoms with van der Waals surface area (Å²) >= 11 is 0. The van der Waals surface area contributed by atoms with E-state index >= 15 is 0 Å². The van der Waals surface area contributed by atoms with Crippen LogP contribution in [0.3, 0.4) is 0 Å². The van der Waals surface area contributed by atoms with E-state index in [0.29, 0.717) is 12.0 Å². The maximum absolute atomic E-state index is 11.7. The Labute approximate surface area is 111 Å². The zero-order valence-corrected chi connectivity index (χ0v) is 11.8. The van der Waals surface area contributed by atoms with Gasteiger partial charge in [-0.25, -0.2) is 0 Å². The molecular weight excluding hydrogens is 226 g/mol. The largest absolute Gasteiger partial charge is 0.481 e. The Balaban J connectivity index is 2.03. The molecule has 2 aliphatic carbocycles. The highest BCUT2D eigenvalue weighted by Crippen LogP contribution is 2.41. The minimum absolute atomic E-state index is 0.477. The van der Waals surface area contributed by atoms with Crippen LogP contribution in [-0.4, -0.2) is 35.6 Å². The molecule has 0 aromatic rings. The van der Waals surface area contributed by atoms with E-state index in [9.17, 15) is 9.90 Å². The molecule has 18 heavy (non-hydrogen) atoms. The lowest BCUT2D eigenvalue weighted by atomic mass is 9.69. The minimum Gasteiger partial charge on any atom is -0.481 e. The highest BCUT2D eigenvalue weighted by atomic mass is 16.4. The zero-order valence-electron chi connectivity index (χ0n) is 11.8. The molecule has 2 saturated carbocycles. The molecule has 0 amide bonds. The number of aliphatic carboxylic acids is 1. The predicted molar refractivity (Wildman–Crippen MR) is 72.6 cm³/mol. The van der Waals surface area contributed by atoms with Gasteiger partial charge in [0.25, 0.3) is 0 Å². The number of carboxylic acids is 1. The molecule has 0 aromatic heterocycles. The molecule has 0 aromatic carbocycles. The van der Waals surface area contributed by atoms with Gasteiger partial charge in [0.05, 0.1) is 5.41 Å². The molecule has 2 unspecified atom stereocenters. The van der Waals surface area contributed by atoms with E-state index in [1.54, 1.807) is 0 Å². The van der Waals surface area contributed by atoms with Gasteiger partial charge in [0.1, 0.15) is 0 Å². The molecule has 0 spiro atoms. The van der Waals surface area contributed by atoms with Gasteiger partial charge in [-0.05, 0) is 38.6 Å². The molecule has 2 fully saturated rings. The standard InChI is InChI=1S/C15H27NO2/c1-12-6-5-9-15(10-12,14(17)18)11-16(2)13-7-3-4-8-13/h12-13H,3-11H2,1-2H3,(H,17,18). The van der Waals surface area contributed by atoms with Crippen LogP contribution in [0.25, 0.3) is 0 Å². The van der Waals surface area contributed by atoms with Gasteiger partial charge < -0.3 is 10.0 Å². The summed E-state index contributed by atoms with van der Waals surface area (Å²) in [5, 5.41) is 9.67. The third-order valence-corrected chi connectivity index (χ3v) is 5.05. The molecule has 0 aliphatic heterocycles. The van der Waals surface area contributed by atoms with Crippen LogP contribution in [0, 0.1) is 11.3 Å². The van der Waals surface area contributed by atoms with Crippen molar-refractivity contribution in [3.05, 3.63) is 0 Å². The Kier molecular flexibility index (Phi) is 4.31. The van der Waals surface area contributed by atoms with Gasteiger partial charge in [0, 0.05) is 12.6 Å². The van der Waals surface area contributed by atoms with Crippen LogP contribution in [0.15, 0.2) is 0 Å². The Morgan fingerprint density at radius 3 is 2.50 bits per heavy atom. The van der Waals surface area contributed by atoms with Crippen LogP contribution in [0.1, 0.15) is 58.3 Å². The van der Waals surface area contributed by atoms with Crippen molar-refractivity contribution in [3.63, 3.8) is 0 Å². The zero-order chi connectivity index (χ0) is 13.2. The molecule has 0 heterocycles. The summed E-state index contributed by atoms with van der Waals surface area (Å²) in [5.41, 5.74) is -0.477. The first-order chi connectivity index (χ1) is 8.53. The van der Waals surface area contributed by atoms with Crippen molar-refractivity contribution < 1.29 is 9.90 Å². The second kappa shape index (κ2) is 5.60. The van der Waals surface area contributed by atoms with Crippen LogP contribution in [-0.2, 0) is 4.79 Å². The first-order valence-corrected chi connectivity index (χ1v) is 7.47. The van der Waals surface area contributed by atoms with E-state index < -0.39 is 11.4 Å². The van der Waals surface area contributed by atoms with Crippen molar-refractivity contribution in [2.24, 2.45) is 11.3 Å². The summed E-state index contributed by atoms with van der Waals surface area (Å²) in [6.07, 6.45) is 9.12. The van der Waals surface area contributed by atoms with E-state index in [1.165, 1.54) is 32.1 Å².